The van der Waals surface area contributed by atoms with E-state index in [9.17, 15) is 4.79 Å². The van der Waals surface area contributed by atoms with Crippen LogP contribution in [0.5, 0.6) is 0 Å². The van der Waals surface area contributed by atoms with Gasteiger partial charge in [-0.3, -0.25) is 4.79 Å². The van der Waals surface area contributed by atoms with E-state index in [0.29, 0.717) is 5.02 Å². The summed E-state index contributed by atoms with van der Waals surface area (Å²) in [5.41, 5.74) is 0.802. The summed E-state index contributed by atoms with van der Waals surface area (Å²) < 4.78 is 4.77. The van der Waals surface area contributed by atoms with Crippen molar-refractivity contribution in [1.29, 1.82) is 0 Å². The molecule has 16 heavy (non-hydrogen) atoms. The lowest BCUT2D eigenvalue weighted by atomic mass is 9.88. The first-order chi connectivity index (χ1) is 7.36. The molecule has 0 saturated heterocycles. The van der Waals surface area contributed by atoms with Crippen LogP contribution in [0.4, 0.5) is 0 Å². The number of hydrogen-bond donors (Lipinski definition) is 0. The van der Waals surface area contributed by atoms with Crippen LogP contribution >= 0.6 is 23.2 Å². The van der Waals surface area contributed by atoms with E-state index in [1.165, 1.54) is 7.11 Å². The van der Waals surface area contributed by atoms with Crippen molar-refractivity contribution in [3.8, 4) is 0 Å². The van der Waals surface area contributed by atoms with Gasteiger partial charge < -0.3 is 4.74 Å². The highest BCUT2D eigenvalue weighted by Crippen LogP contribution is 2.34. The topological polar surface area (TPSA) is 26.3 Å². The summed E-state index contributed by atoms with van der Waals surface area (Å²) in [4.78, 5) is 11.0. The Morgan fingerprint density at radius 2 is 1.81 bits per heavy atom. The molecule has 0 fully saturated rings. The number of alkyl halides is 1. The third-order valence-corrected chi connectivity index (χ3v) is 2.80. The maximum Gasteiger partial charge on any atom is 0.314 e. The maximum atomic E-state index is 11.7. The largest absolute Gasteiger partial charge is 0.468 e. The lowest BCUT2D eigenvalue weighted by Gasteiger charge is -2.26. The molecule has 1 unspecified atom stereocenters. The Balaban J connectivity index is 3.11. The van der Waals surface area contributed by atoms with Crippen molar-refractivity contribution >= 4 is 29.2 Å². The van der Waals surface area contributed by atoms with Crippen molar-refractivity contribution in [1.82, 2.24) is 0 Å². The fraction of sp³-hybridized carbons (Fsp3) is 0.417. The average molecular weight is 261 g/mol. The summed E-state index contributed by atoms with van der Waals surface area (Å²) in [6.07, 6.45) is 0. The molecule has 0 spiro atoms. The zero-order valence-corrected chi connectivity index (χ0v) is 11.0. The van der Waals surface area contributed by atoms with Gasteiger partial charge in [-0.1, -0.05) is 23.7 Å². The molecule has 0 heterocycles. The minimum absolute atomic E-state index is 0.345. The number of benzene rings is 1. The van der Waals surface area contributed by atoms with Crippen LogP contribution in [0.2, 0.25) is 5.02 Å². The Hall–Kier alpha value is -0.730. The summed E-state index contributed by atoms with van der Waals surface area (Å²) in [5.74, 6) is -0.848. The predicted octanol–water partition coefficient (Wildman–Crippen LogP) is 3.61. The lowest BCUT2D eigenvalue weighted by Crippen LogP contribution is -2.30. The molecule has 0 bridgehead atoms. The first-order valence-corrected chi connectivity index (χ1v) is 5.64. The molecule has 0 amide bonds. The molecule has 0 radical (unpaired) electrons. The van der Waals surface area contributed by atoms with E-state index in [-0.39, 0.29) is 5.97 Å². The highest BCUT2D eigenvalue weighted by atomic mass is 35.5. The van der Waals surface area contributed by atoms with Crippen molar-refractivity contribution in [2.75, 3.05) is 7.11 Å². The van der Waals surface area contributed by atoms with Crippen LogP contribution in [0, 0.1) is 0 Å². The zero-order chi connectivity index (χ0) is 12.3. The van der Waals surface area contributed by atoms with Gasteiger partial charge in [0.1, 0.15) is 5.92 Å². The first kappa shape index (κ1) is 13.3. The Bertz CT molecular complexity index is 366. The van der Waals surface area contributed by atoms with Crippen molar-refractivity contribution in [3.05, 3.63) is 34.9 Å². The maximum absolute atomic E-state index is 11.7. The number of esters is 1. The lowest BCUT2D eigenvalue weighted by molar-refractivity contribution is -0.143. The van der Waals surface area contributed by atoms with Crippen LogP contribution < -0.4 is 0 Å². The highest BCUT2D eigenvalue weighted by Gasteiger charge is 2.35. The molecule has 1 rings (SSSR count). The fourth-order valence-electron chi connectivity index (χ4n) is 1.59. The Morgan fingerprint density at radius 1 is 1.31 bits per heavy atom. The standard InChI is InChI=1S/C12H14Cl2O2/c1-12(2,14)10(11(15)16-3)8-4-6-9(13)7-5-8/h4-7,10H,1-3H3. The smallest absolute Gasteiger partial charge is 0.314 e. The van der Waals surface area contributed by atoms with Gasteiger partial charge >= 0.3 is 5.97 Å². The molecule has 1 aromatic rings. The molecule has 4 heteroatoms. The summed E-state index contributed by atoms with van der Waals surface area (Å²) in [5, 5.41) is 0.625. The molecule has 0 aliphatic carbocycles. The van der Waals surface area contributed by atoms with Crippen molar-refractivity contribution in [3.63, 3.8) is 0 Å². The number of carbonyl (C=O) groups is 1. The van der Waals surface area contributed by atoms with Crippen LogP contribution in [0.25, 0.3) is 0 Å². The molecular weight excluding hydrogens is 247 g/mol. The van der Waals surface area contributed by atoms with Gasteiger partial charge in [-0.05, 0) is 31.5 Å². The van der Waals surface area contributed by atoms with Gasteiger partial charge in [0.2, 0.25) is 0 Å². The zero-order valence-electron chi connectivity index (χ0n) is 9.46. The molecule has 1 atom stereocenters. The summed E-state index contributed by atoms with van der Waals surface area (Å²) in [6, 6.07) is 7.03. The quantitative estimate of drug-likeness (QED) is 0.613. The number of rotatable bonds is 3. The van der Waals surface area contributed by atoms with E-state index in [0.717, 1.165) is 5.56 Å². The Labute approximate surface area is 106 Å². The summed E-state index contributed by atoms with van der Waals surface area (Å²) in [6.45, 7) is 3.56. The second-order valence-electron chi connectivity index (χ2n) is 4.07. The molecule has 1 aromatic carbocycles. The average Bonchev–Trinajstić information content (AvgIpc) is 2.19. The van der Waals surface area contributed by atoms with E-state index in [2.05, 4.69) is 0 Å². The molecule has 2 nitrogen and oxygen atoms in total. The van der Waals surface area contributed by atoms with Crippen molar-refractivity contribution in [2.24, 2.45) is 0 Å². The van der Waals surface area contributed by atoms with Crippen molar-refractivity contribution < 1.29 is 9.53 Å². The van der Waals surface area contributed by atoms with Crippen LogP contribution in [-0.2, 0) is 9.53 Å². The molecule has 0 aromatic heterocycles. The SMILES string of the molecule is COC(=O)C(c1ccc(Cl)cc1)C(C)(C)Cl. The van der Waals surface area contributed by atoms with Gasteiger partial charge in [0.25, 0.3) is 0 Å². The summed E-state index contributed by atoms with van der Waals surface area (Å²) >= 11 is 12.0. The van der Waals surface area contributed by atoms with E-state index >= 15 is 0 Å². The minimum atomic E-state index is -0.707. The van der Waals surface area contributed by atoms with E-state index in [4.69, 9.17) is 27.9 Å². The third kappa shape index (κ3) is 3.13. The van der Waals surface area contributed by atoms with Gasteiger partial charge in [0.15, 0.2) is 0 Å². The normalized spacial score (nSPS) is 13.3. The number of halogens is 2. The monoisotopic (exact) mass is 260 g/mol. The molecule has 0 saturated carbocycles. The molecule has 0 N–H and O–H groups in total. The van der Waals surface area contributed by atoms with Gasteiger partial charge in [-0.2, -0.15) is 0 Å². The molecule has 0 aliphatic rings. The van der Waals surface area contributed by atoms with Gasteiger partial charge in [-0.15, -0.1) is 11.6 Å². The van der Waals surface area contributed by atoms with Crippen molar-refractivity contribution in [2.45, 2.75) is 24.6 Å². The number of carbonyl (C=O) groups excluding carboxylic acids is 1. The van der Waals surface area contributed by atoms with Gasteiger partial charge in [-0.25, -0.2) is 0 Å². The van der Waals surface area contributed by atoms with Crippen LogP contribution in [0.1, 0.15) is 25.3 Å². The van der Waals surface area contributed by atoms with Crippen LogP contribution in [0.15, 0.2) is 24.3 Å². The second-order valence-corrected chi connectivity index (χ2v) is 5.48. The first-order valence-electron chi connectivity index (χ1n) is 4.88. The molecule has 88 valence electrons. The summed E-state index contributed by atoms with van der Waals surface area (Å²) in [7, 11) is 1.36. The molecular formula is C12H14Cl2O2. The number of hydrogen-bond acceptors (Lipinski definition) is 2. The highest BCUT2D eigenvalue weighted by molar-refractivity contribution is 6.30. The molecule has 0 aliphatic heterocycles. The van der Waals surface area contributed by atoms with E-state index in [1.54, 1.807) is 38.1 Å². The third-order valence-electron chi connectivity index (χ3n) is 2.33. The minimum Gasteiger partial charge on any atom is -0.468 e. The number of methoxy groups -OCH3 is 1. The predicted molar refractivity (Wildman–Crippen MR) is 66.1 cm³/mol. The van der Waals surface area contributed by atoms with Crippen LogP contribution in [0.3, 0.4) is 0 Å². The fourth-order valence-corrected chi connectivity index (χ4v) is 1.93. The van der Waals surface area contributed by atoms with E-state index < -0.39 is 10.8 Å². The van der Waals surface area contributed by atoms with E-state index in [1.807, 2.05) is 0 Å². The van der Waals surface area contributed by atoms with Gasteiger partial charge in [0.05, 0.1) is 12.0 Å². The van der Waals surface area contributed by atoms with Gasteiger partial charge in [0, 0.05) is 5.02 Å². The Kier molecular flexibility index (Phi) is 4.22. The Morgan fingerprint density at radius 3 is 2.19 bits per heavy atom. The van der Waals surface area contributed by atoms with Crippen LogP contribution in [-0.4, -0.2) is 18.0 Å². The second kappa shape index (κ2) is 5.07. The number of ether oxygens (including phenoxy) is 1.